The van der Waals surface area contributed by atoms with E-state index in [1.807, 2.05) is 0 Å². The predicted molar refractivity (Wildman–Crippen MR) is 93.2 cm³/mol. The van der Waals surface area contributed by atoms with Crippen molar-refractivity contribution in [2.24, 2.45) is 11.7 Å². The molecule has 0 aromatic heterocycles. The minimum Gasteiger partial charge on any atom is -0.354 e. The summed E-state index contributed by atoms with van der Waals surface area (Å²) in [5.74, 6) is -2.12. The molecule has 26 heavy (non-hydrogen) atoms. The summed E-state index contributed by atoms with van der Waals surface area (Å²) in [5, 5.41) is 2.83. The Hall–Kier alpha value is -2.02. The lowest BCUT2D eigenvalue weighted by Gasteiger charge is -2.36. The van der Waals surface area contributed by atoms with Gasteiger partial charge in [-0.15, -0.1) is 0 Å². The second-order valence-corrected chi connectivity index (χ2v) is 7.11. The number of halogens is 2. The Morgan fingerprint density at radius 2 is 1.96 bits per heavy atom. The zero-order chi connectivity index (χ0) is 18.7. The molecule has 3 rings (SSSR count). The number of hydrogen-bond donors (Lipinski definition) is 2. The van der Waals surface area contributed by atoms with Gasteiger partial charge in [0, 0.05) is 49.5 Å². The molecule has 7 heteroatoms. The molecule has 1 heterocycles. The van der Waals surface area contributed by atoms with Crippen LogP contribution in [0, 0.1) is 17.6 Å². The molecule has 2 fully saturated rings. The Balaban J connectivity index is 1.63. The average molecular weight is 365 g/mol. The van der Waals surface area contributed by atoms with Gasteiger partial charge >= 0.3 is 0 Å². The molecule has 1 aliphatic carbocycles. The van der Waals surface area contributed by atoms with Crippen LogP contribution in [0.1, 0.15) is 43.6 Å². The largest absolute Gasteiger partial charge is 0.354 e. The van der Waals surface area contributed by atoms with E-state index in [1.165, 1.54) is 18.2 Å². The van der Waals surface area contributed by atoms with Gasteiger partial charge in [-0.2, -0.15) is 0 Å². The van der Waals surface area contributed by atoms with Crippen molar-refractivity contribution in [3.8, 4) is 0 Å². The number of likely N-dealkylation sites (tertiary alicyclic amines) is 1. The Morgan fingerprint density at radius 1 is 1.23 bits per heavy atom. The zero-order valence-corrected chi connectivity index (χ0v) is 14.7. The smallest absolute Gasteiger partial charge is 0.226 e. The monoisotopic (exact) mass is 365 g/mol. The van der Waals surface area contributed by atoms with E-state index in [0.717, 1.165) is 19.3 Å². The van der Waals surface area contributed by atoms with Gasteiger partial charge in [-0.1, -0.05) is 6.07 Å². The summed E-state index contributed by atoms with van der Waals surface area (Å²) in [6.07, 6.45) is 3.46. The normalized spacial score (nSPS) is 25.0. The summed E-state index contributed by atoms with van der Waals surface area (Å²) in [5.41, 5.74) is 5.39. The summed E-state index contributed by atoms with van der Waals surface area (Å²) in [6, 6.07) is 3.73. The highest BCUT2D eigenvalue weighted by Gasteiger charge is 2.49. The molecule has 142 valence electrons. The number of rotatable bonds is 6. The van der Waals surface area contributed by atoms with Crippen LogP contribution in [0.5, 0.6) is 0 Å². The Kier molecular flexibility index (Phi) is 5.86. The lowest BCUT2D eigenvalue weighted by atomic mass is 10.00. The second kappa shape index (κ2) is 8.12. The fourth-order valence-electron chi connectivity index (χ4n) is 3.82. The predicted octanol–water partition coefficient (Wildman–Crippen LogP) is 1.91. The lowest BCUT2D eigenvalue weighted by molar-refractivity contribution is -0.137. The van der Waals surface area contributed by atoms with Crippen LogP contribution in [0.15, 0.2) is 18.2 Å². The summed E-state index contributed by atoms with van der Waals surface area (Å²) in [7, 11) is 0. The van der Waals surface area contributed by atoms with Crippen LogP contribution in [0.4, 0.5) is 8.78 Å². The van der Waals surface area contributed by atoms with E-state index in [1.54, 1.807) is 4.90 Å². The van der Waals surface area contributed by atoms with Crippen molar-refractivity contribution in [3.05, 3.63) is 35.4 Å². The van der Waals surface area contributed by atoms with E-state index >= 15 is 0 Å². The molecule has 0 radical (unpaired) electrons. The molecule has 1 saturated heterocycles. The van der Waals surface area contributed by atoms with Crippen molar-refractivity contribution in [2.75, 3.05) is 19.6 Å². The molecular weight excluding hydrogens is 340 g/mol. The molecule has 1 aliphatic heterocycles. The third-order valence-electron chi connectivity index (χ3n) is 5.29. The van der Waals surface area contributed by atoms with E-state index in [0.29, 0.717) is 19.5 Å². The molecule has 1 saturated carbocycles. The first kappa shape index (κ1) is 18.8. The van der Waals surface area contributed by atoms with Gasteiger partial charge in [-0.05, 0) is 37.8 Å². The summed E-state index contributed by atoms with van der Waals surface area (Å²) in [4.78, 5) is 26.3. The van der Waals surface area contributed by atoms with Gasteiger partial charge < -0.3 is 16.0 Å². The molecule has 1 aromatic carbocycles. The zero-order valence-electron chi connectivity index (χ0n) is 14.7. The van der Waals surface area contributed by atoms with Gasteiger partial charge in [0.15, 0.2) is 0 Å². The molecule has 0 bridgehead atoms. The van der Waals surface area contributed by atoms with Crippen molar-refractivity contribution >= 4 is 11.8 Å². The minimum atomic E-state index is -0.588. The van der Waals surface area contributed by atoms with E-state index in [4.69, 9.17) is 5.73 Å². The summed E-state index contributed by atoms with van der Waals surface area (Å²) in [6.45, 7) is 1.31. The third kappa shape index (κ3) is 4.03. The van der Waals surface area contributed by atoms with Crippen LogP contribution in [0.3, 0.4) is 0 Å². The van der Waals surface area contributed by atoms with Crippen LogP contribution in [-0.2, 0) is 9.59 Å². The van der Waals surface area contributed by atoms with Crippen molar-refractivity contribution < 1.29 is 18.4 Å². The first-order valence-electron chi connectivity index (χ1n) is 9.24. The van der Waals surface area contributed by atoms with E-state index in [9.17, 15) is 18.4 Å². The van der Waals surface area contributed by atoms with Crippen LogP contribution < -0.4 is 11.1 Å². The van der Waals surface area contributed by atoms with E-state index in [-0.39, 0.29) is 42.3 Å². The van der Waals surface area contributed by atoms with Gasteiger partial charge in [-0.3, -0.25) is 9.59 Å². The molecular formula is C19H25F2N3O2. The molecule has 3 N–H and O–H groups in total. The van der Waals surface area contributed by atoms with Gasteiger partial charge in [0.25, 0.3) is 0 Å². The lowest BCUT2D eigenvalue weighted by Crippen LogP contribution is -2.50. The highest BCUT2D eigenvalue weighted by atomic mass is 19.1. The molecule has 3 unspecified atom stereocenters. The van der Waals surface area contributed by atoms with Gasteiger partial charge in [-0.25, -0.2) is 8.78 Å². The van der Waals surface area contributed by atoms with Crippen molar-refractivity contribution in [2.45, 2.75) is 44.1 Å². The average Bonchev–Trinajstić information content (AvgIpc) is 3.40. The minimum absolute atomic E-state index is 0.0238. The quantitative estimate of drug-likeness (QED) is 0.809. The molecule has 3 atom stereocenters. The third-order valence-corrected chi connectivity index (χ3v) is 5.29. The molecule has 2 aliphatic rings. The van der Waals surface area contributed by atoms with E-state index in [2.05, 4.69) is 5.32 Å². The number of benzene rings is 1. The standard InChI is InChI=1S/C19H25F2N3O2/c20-15-5-3-6-16(21)18(15)13-10-14(13)19(26)24-9-2-1-4-12(24)11-23-17(25)7-8-22/h3,5-6,12-14H,1-2,4,7-11,22H2,(H,23,25). The van der Waals surface area contributed by atoms with Gasteiger partial charge in [0.05, 0.1) is 0 Å². The first-order valence-corrected chi connectivity index (χ1v) is 9.24. The maximum atomic E-state index is 14.0. The maximum Gasteiger partial charge on any atom is 0.226 e. The highest BCUT2D eigenvalue weighted by molar-refractivity contribution is 5.83. The Morgan fingerprint density at radius 3 is 2.65 bits per heavy atom. The second-order valence-electron chi connectivity index (χ2n) is 7.11. The van der Waals surface area contributed by atoms with Crippen molar-refractivity contribution in [1.29, 1.82) is 0 Å². The van der Waals surface area contributed by atoms with Gasteiger partial charge in [0.1, 0.15) is 11.6 Å². The Labute approximate surface area is 151 Å². The van der Waals surface area contributed by atoms with Crippen molar-refractivity contribution in [1.82, 2.24) is 10.2 Å². The van der Waals surface area contributed by atoms with Crippen LogP contribution in [0.2, 0.25) is 0 Å². The fourth-order valence-corrected chi connectivity index (χ4v) is 3.82. The number of nitrogens with two attached hydrogens (primary N) is 1. The first-order chi connectivity index (χ1) is 12.5. The number of nitrogens with one attached hydrogen (secondary N) is 1. The molecule has 1 aromatic rings. The fraction of sp³-hybridized carbons (Fsp3) is 0.579. The number of hydrogen-bond acceptors (Lipinski definition) is 3. The molecule has 5 nitrogen and oxygen atoms in total. The molecule has 0 spiro atoms. The topological polar surface area (TPSA) is 75.4 Å². The van der Waals surface area contributed by atoms with E-state index < -0.39 is 17.6 Å². The summed E-state index contributed by atoms with van der Waals surface area (Å²) >= 11 is 0. The summed E-state index contributed by atoms with van der Waals surface area (Å²) < 4.78 is 27.9. The maximum absolute atomic E-state index is 14.0. The van der Waals surface area contributed by atoms with Crippen LogP contribution in [0.25, 0.3) is 0 Å². The number of amides is 2. The number of carbonyl (C=O) groups is 2. The number of nitrogens with zero attached hydrogens (tertiary/aromatic N) is 1. The molecule has 2 amide bonds. The van der Waals surface area contributed by atoms with Gasteiger partial charge in [0.2, 0.25) is 11.8 Å². The SMILES string of the molecule is NCCC(=O)NCC1CCCCN1C(=O)C1CC1c1c(F)cccc1F. The number of carbonyl (C=O) groups excluding carboxylic acids is 2. The number of piperidine rings is 1. The highest BCUT2D eigenvalue weighted by Crippen LogP contribution is 2.50. The van der Waals surface area contributed by atoms with Crippen molar-refractivity contribution in [3.63, 3.8) is 0 Å². The van der Waals surface area contributed by atoms with Crippen LogP contribution >= 0.6 is 0 Å². The van der Waals surface area contributed by atoms with Crippen LogP contribution in [-0.4, -0.2) is 42.4 Å². The Bertz CT molecular complexity index is 662.